The van der Waals surface area contributed by atoms with Crippen LogP contribution in [0, 0.1) is 0 Å². The number of aromatic nitrogens is 3. The van der Waals surface area contributed by atoms with E-state index < -0.39 is 0 Å². The molecule has 0 bridgehead atoms. The van der Waals surface area contributed by atoms with Gasteiger partial charge >= 0.3 is 0 Å². The zero-order valence-corrected chi connectivity index (χ0v) is 12.3. The minimum atomic E-state index is -0.324. The quantitative estimate of drug-likeness (QED) is 0.784. The van der Waals surface area contributed by atoms with Crippen LogP contribution in [0.1, 0.15) is 18.1 Å². The maximum atomic E-state index is 4.35. The molecule has 0 aliphatic carbocycles. The first-order valence-electron chi connectivity index (χ1n) is 7.29. The van der Waals surface area contributed by atoms with Crippen molar-refractivity contribution >= 4 is 11.6 Å². The SMILES string of the molecule is C[C@@]1(c2ccccc2)C=C(c2ccccc2)n2ncnc2N1. The highest BCUT2D eigenvalue weighted by atomic mass is 15.4. The third-order valence-electron chi connectivity index (χ3n) is 4.02. The molecule has 2 aromatic carbocycles. The molecule has 1 aromatic heterocycles. The summed E-state index contributed by atoms with van der Waals surface area (Å²) in [5.41, 5.74) is 3.03. The first kappa shape index (κ1) is 12.8. The van der Waals surface area contributed by atoms with Crippen LogP contribution < -0.4 is 5.32 Å². The molecule has 0 unspecified atom stereocenters. The lowest BCUT2D eigenvalue weighted by Crippen LogP contribution is -2.35. The van der Waals surface area contributed by atoms with Crippen LogP contribution in [0.25, 0.3) is 5.70 Å². The average Bonchev–Trinajstić information content (AvgIpc) is 3.04. The largest absolute Gasteiger partial charge is 0.341 e. The van der Waals surface area contributed by atoms with Crippen LogP contribution in [0.5, 0.6) is 0 Å². The number of hydrogen-bond donors (Lipinski definition) is 1. The molecular formula is C18H16N4. The number of anilines is 1. The highest BCUT2D eigenvalue weighted by Crippen LogP contribution is 2.35. The summed E-state index contributed by atoms with van der Waals surface area (Å²) in [7, 11) is 0. The van der Waals surface area contributed by atoms with Gasteiger partial charge in [-0.3, -0.25) is 0 Å². The fraction of sp³-hybridized carbons (Fsp3) is 0.111. The zero-order valence-electron chi connectivity index (χ0n) is 12.3. The molecule has 1 aliphatic heterocycles. The predicted molar refractivity (Wildman–Crippen MR) is 87.3 cm³/mol. The second-order valence-electron chi connectivity index (χ2n) is 5.58. The zero-order chi connectivity index (χ0) is 15.0. The van der Waals surface area contributed by atoms with Gasteiger partial charge in [-0.15, -0.1) is 0 Å². The predicted octanol–water partition coefficient (Wildman–Crippen LogP) is 3.51. The second-order valence-corrected chi connectivity index (χ2v) is 5.58. The van der Waals surface area contributed by atoms with E-state index in [0.29, 0.717) is 0 Å². The van der Waals surface area contributed by atoms with Crippen LogP contribution in [0.4, 0.5) is 5.95 Å². The van der Waals surface area contributed by atoms with Crippen LogP contribution in [0.2, 0.25) is 0 Å². The van der Waals surface area contributed by atoms with Crippen molar-refractivity contribution < 1.29 is 0 Å². The molecule has 0 saturated heterocycles. The van der Waals surface area contributed by atoms with E-state index in [2.05, 4.69) is 64.8 Å². The fourth-order valence-electron chi connectivity index (χ4n) is 2.86. The second kappa shape index (κ2) is 4.84. The van der Waals surface area contributed by atoms with Gasteiger partial charge in [-0.25, -0.2) is 0 Å². The molecular weight excluding hydrogens is 272 g/mol. The summed E-state index contributed by atoms with van der Waals surface area (Å²) in [6, 6.07) is 20.7. The van der Waals surface area contributed by atoms with Gasteiger partial charge in [0.15, 0.2) is 0 Å². The lowest BCUT2D eigenvalue weighted by Gasteiger charge is -2.33. The molecule has 22 heavy (non-hydrogen) atoms. The minimum Gasteiger partial charge on any atom is -0.341 e. The fourth-order valence-corrected chi connectivity index (χ4v) is 2.86. The Hall–Kier alpha value is -2.88. The summed E-state index contributed by atoms with van der Waals surface area (Å²) in [5.74, 6) is 0.757. The lowest BCUT2D eigenvalue weighted by molar-refractivity contribution is 0.650. The Morgan fingerprint density at radius 1 is 0.955 bits per heavy atom. The Balaban J connectivity index is 1.90. The molecule has 0 amide bonds. The molecule has 3 aromatic rings. The summed E-state index contributed by atoms with van der Waals surface area (Å²) in [6.07, 6.45) is 3.79. The van der Waals surface area contributed by atoms with Crippen molar-refractivity contribution in [3.05, 3.63) is 84.2 Å². The van der Waals surface area contributed by atoms with Crippen molar-refractivity contribution in [3.8, 4) is 0 Å². The third-order valence-corrected chi connectivity index (χ3v) is 4.02. The Morgan fingerprint density at radius 2 is 1.64 bits per heavy atom. The van der Waals surface area contributed by atoms with E-state index in [1.54, 1.807) is 6.33 Å². The van der Waals surface area contributed by atoms with Gasteiger partial charge in [0, 0.05) is 5.56 Å². The van der Waals surface area contributed by atoms with E-state index in [-0.39, 0.29) is 5.54 Å². The van der Waals surface area contributed by atoms with Crippen LogP contribution in [-0.4, -0.2) is 14.8 Å². The molecule has 2 heterocycles. The normalized spacial score (nSPS) is 20.0. The highest BCUT2D eigenvalue weighted by molar-refractivity contribution is 5.72. The van der Waals surface area contributed by atoms with E-state index >= 15 is 0 Å². The molecule has 1 N–H and O–H groups in total. The van der Waals surface area contributed by atoms with E-state index in [1.165, 1.54) is 5.56 Å². The van der Waals surface area contributed by atoms with E-state index in [4.69, 9.17) is 0 Å². The maximum absolute atomic E-state index is 4.35. The molecule has 0 fully saturated rings. The molecule has 0 radical (unpaired) electrons. The monoisotopic (exact) mass is 288 g/mol. The molecule has 4 rings (SSSR count). The molecule has 0 spiro atoms. The van der Waals surface area contributed by atoms with Crippen molar-refractivity contribution in [2.45, 2.75) is 12.5 Å². The smallest absolute Gasteiger partial charge is 0.226 e. The van der Waals surface area contributed by atoms with Crippen molar-refractivity contribution in [3.63, 3.8) is 0 Å². The topological polar surface area (TPSA) is 42.7 Å². The van der Waals surface area contributed by atoms with E-state index in [1.807, 2.05) is 28.9 Å². The van der Waals surface area contributed by atoms with Gasteiger partial charge in [-0.05, 0) is 18.6 Å². The highest BCUT2D eigenvalue weighted by Gasteiger charge is 2.32. The number of benzene rings is 2. The Morgan fingerprint density at radius 3 is 2.36 bits per heavy atom. The average molecular weight is 288 g/mol. The van der Waals surface area contributed by atoms with Crippen LogP contribution in [0.15, 0.2) is 73.1 Å². The molecule has 108 valence electrons. The number of nitrogens with one attached hydrogen (secondary N) is 1. The first-order valence-corrected chi connectivity index (χ1v) is 7.29. The van der Waals surface area contributed by atoms with Gasteiger partial charge in [0.2, 0.25) is 5.95 Å². The summed E-state index contributed by atoms with van der Waals surface area (Å²) in [4.78, 5) is 4.35. The molecule has 1 atom stereocenters. The van der Waals surface area contributed by atoms with Gasteiger partial charge in [-0.2, -0.15) is 14.8 Å². The molecule has 4 nitrogen and oxygen atoms in total. The standard InChI is InChI=1S/C18H16N4/c1-18(15-10-6-3-7-11-15)12-16(14-8-4-2-5-9-14)22-17(21-18)19-13-20-22/h2-13H,1H3,(H,19,20,21)/t18-/m0/s1. The molecule has 0 saturated carbocycles. The first-order chi connectivity index (χ1) is 10.8. The summed E-state index contributed by atoms with van der Waals surface area (Å²) in [5, 5.41) is 7.83. The van der Waals surface area contributed by atoms with Crippen molar-refractivity contribution in [2.75, 3.05) is 5.32 Å². The number of nitrogens with zero attached hydrogens (tertiary/aromatic N) is 3. The summed E-state index contributed by atoms with van der Waals surface area (Å²) >= 11 is 0. The molecule has 4 heteroatoms. The Bertz CT molecular complexity index is 821. The van der Waals surface area contributed by atoms with Gasteiger partial charge in [0.05, 0.1) is 11.2 Å². The number of fused-ring (bicyclic) bond motifs is 1. The molecule has 1 aliphatic rings. The van der Waals surface area contributed by atoms with Gasteiger partial charge in [-0.1, -0.05) is 60.7 Å². The minimum absolute atomic E-state index is 0.324. The van der Waals surface area contributed by atoms with E-state index in [0.717, 1.165) is 17.2 Å². The number of rotatable bonds is 2. The third kappa shape index (κ3) is 2.00. The van der Waals surface area contributed by atoms with Crippen LogP contribution in [0.3, 0.4) is 0 Å². The summed E-state index contributed by atoms with van der Waals surface area (Å²) < 4.78 is 1.85. The van der Waals surface area contributed by atoms with Gasteiger partial charge < -0.3 is 5.32 Å². The maximum Gasteiger partial charge on any atom is 0.226 e. The summed E-state index contributed by atoms with van der Waals surface area (Å²) in [6.45, 7) is 2.16. The van der Waals surface area contributed by atoms with E-state index in [9.17, 15) is 0 Å². The van der Waals surface area contributed by atoms with Crippen LogP contribution in [-0.2, 0) is 5.54 Å². The van der Waals surface area contributed by atoms with Crippen LogP contribution >= 0.6 is 0 Å². The number of hydrogen-bond acceptors (Lipinski definition) is 3. The van der Waals surface area contributed by atoms with Crippen molar-refractivity contribution in [1.82, 2.24) is 14.8 Å². The van der Waals surface area contributed by atoms with Crippen molar-refractivity contribution in [2.24, 2.45) is 0 Å². The Labute approximate surface area is 129 Å². The Kier molecular flexibility index (Phi) is 2.82. The lowest BCUT2D eigenvalue weighted by atomic mass is 9.89. The van der Waals surface area contributed by atoms with Crippen molar-refractivity contribution in [1.29, 1.82) is 0 Å². The van der Waals surface area contributed by atoms with Gasteiger partial charge in [0.25, 0.3) is 0 Å². The van der Waals surface area contributed by atoms with Gasteiger partial charge in [0.1, 0.15) is 6.33 Å².